The van der Waals surface area contributed by atoms with Gasteiger partial charge in [-0.2, -0.15) is 5.10 Å². The third kappa shape index (κ3) is 3.86. The molecule has 2 N–H and O–H groups in total. The minimum absolute atomic E-state index is 0.0383. The first-order chi connectivity index (χ1) is 12.8. The molecule has 2 aromatic heterocycles. The van der Waals surface area contributed by atoms with Crippen LogP contribution in [0.2, 0.25) is 0 Å². The monoisotopic (exact) mass is 366 g/mol. The fourth-order valence-corrected chi connectivity index (χ4v) is 4.14. The lowest BCUT2D eigenvalue weighted by atomic mass is 10.0. The molecule has 1 aliphatic rings. The van der Waals surface area contributed by atoms with Gasteiger partial charge in [0.05, 0.1) is 22.3 Å². The molecule has 3 heterocycles. The van der Waals surface area contributed by atoms with E-state index < -0.39 is 0 Å². The molecule has 26 heavy (non-hydrogen) atoms. The lowest BCUT2D eigenvalue weighted by Crippen LogP contribution is -2.44. The van der Waals surface area contributed by atoms with Crippen LogP contribution in [0.4, 0.5) is 0 Å². The van der Waals surface area contributed by atoms with Gasteiger partial charge in [-0.3, -0.25) is 14.8 Å². The number of aromatic amines is 1. The number of nitrogens with one attached hydrogen (secondary N) is 2. The summed E-state index contributed by atoms with van der Waals surface area (Å²) in [6.07, 6.45) is 3.57. The zero-order valence-corrected chi connectivity index (χ0v) is 15.3. The first-order valence-electron chi connectivity index (χ1n) is 8.94. The number of thiophene rings is 1. The van der Waals surface area contributed by atoms with Gasteiger partial charge in [-0.05, 0) is 29.9 Å². The van der Waals surface area contributed by atoms with Crippen LogP contribution < -0.4 is 5.32 Å². The van der Waals surface area contributed by atoms with Crippen LogP contribution in [-0.2, 0) is 6.54 Å². The molecule has 1 fully saturated rings. The minimum atomic E-state index is -0.0383. The van der Waals surface area contributed by atoms with E-state index in [0.29, 0.717) is 5.56 Å². The lowest BCUT2D eigenvalue weighted by Gasteiger charge is -2.32. The predicted octanol–water partition coefficient (Wildman–Crippen LogP) is 3.53. The van der Waals surface area contributed by atoms with Crippen LogP contribution in [0.25, 0.3) is 10.6 Å². The van der Waals surface area contributed by atoms with Gasteiger partial charge in [0.15, 0.2) is 0 Å². The van der Waals surface area contributed by atoms with Crippen LogP contribution in [0.3, 0.4) is 0 Å². The van der Waals surface area contributed by atoms with Crippen molar-refractivity contribution in [3.05, 3.63) is 65.2 Å². The van der Waals surface area contributed by atoms with Gasteiger partial charge in [-0.25, -0.2) is 0 Å². The van der Waals surface area contributed by atoms with Crippen molar-refractivity contribution in [2.24, 2.45) is 0 Å². The second-order valence-corrected chi connectivity index (χ2v) is 7.59. The summed E-state index contributed by atoms with van der Waals surface area (Å²) in [7, 11) is 0. The maximum absolute atomic E-state index is 12.7. The molecule has 1 amide bonds. The van der Waals surface area contributed by atoms with E-state index >= 15 is 0 Å². The summed E-state index contributed by atoms with van der Waals surface area (Å²) < 4.78 is 0. The van der Waals surface area contributed by atoms with E-state index in [4.69, 9.17) is 0 Å². The van der Waals surface area contributed by atoms with Crippen molar-refractivity contribution in [2.75, 3.05) is 13.1 Å². The number of amides is 1. The van der Waals surface area contributed by atoms with E-state index in [-0.39, 0.29) is 11.9 Å². The van der Waals surface area contributed by atoms with E-state index in [2.05, 4.69) is 44.7 Å². The molecule has 6 heteroatoms. The highest BCUT2D eigenvalue weighted by Gasteiger charge is 2.23. The van der Waals surface area contributed by atoms with E-state index in [1.54, 1.807) is 17.5 Å². The van der Waals surface area contributed by atoms with Crippen molar-refractivity contribution in [1.29, 1.82) is 0 Å². The molecule has 0 radical (unpaired) electrons. The number of benzene rings is 1. The molecule has 0 bridgehead atoms. The molecule has 1 saturated heterocycles. The molecule has 0 spiro atoms. The van der Waals surface area contributed by atoms with Gasteiger partial charge in [0, 0.05) is 25.7 Å². The molecular formula is C20H22N4OS. The number of H-pyrrole nitrogens is 1. The van der Waals surface area contributed by atoms with E-state index in [1.807, 2.05) is 23.6 Å². The molecule has 5 nitrogen and oxygen atoms in total. The SMILES string of the molecule is O=C(NC1CCN(Cc2ccccc2)CC1)c1cn[nH]c1-c1cccs1. The number of rotatable bonds is 5. The third-order valence-corrected chi connectivity index (χ3v) is 5.71. The zero-order valence-electron chi connectivity index (χ0n) is 14.5. The molecule has 0 unspecified atom stereocenters. The highest BCUT2D eigenvalue weighted by atomic mass is 32.1. The zero-order chi connectivity index (χ0) is 17.8. The molecular weight excluding hydrogens is 344 g/mol. The fourth-order valence-electron chi connectivity index (χ4n) is 3.41. The third-order valence-electron chi connectivity index (χ3n) is 4.82. The largest absolute Gasteiger partial charge is 0.349 e. The van der Waals surface area contributed by atoms with Crippen molar-refractivity contribution in [2.45, 2.75) is 25.4 Å². The van der Waals surface area contributed by atoms with Gasteiger partial charge in [-0.15, -0.1) is 11.3 Å². The van der Waals surface area contributed by atoms with Crippen LogP contribution in [0, 0.1) is 0 Å². The Hall–Kier alpha value is -2.44. The number of aromatic nitrogens is 2. The van der Waals surface area contributed by atoms with Crippen molar-refractivity contribution >= 4 is 17.2 Å². The Morgan fingerprint density at radius 1 is 1.19 bits per heavy atom. The van der Waals surface area contributed by atoms with Crippen molar-refractivity contribution in [3.8, 4) is 10.6 Å². The molecule has 1 aliphatic heterocycles. The van der Waals surface area contributed by atoms with Gasteiger partial charge < -0.3 is 5.32 Å². The van der Waals surface area contributed by atoms with Crippen LogP contribution in [-0.4, -0.2) is 40.1 Å². The van der Waals surface area contributed by atoms with E-state index in [1.165, 1.54) is 5.56 Å². The second kappa shape index (κ2) is 7.85. The van der Waals surface area contributed by atoms with Crippen LogP contribution in [0.1, 0.15) is 28.8 Å². The van der Waals surface area contributed by atoms with Gasteiger partial charge in [0.25, 0.3) is 5.91 Å². The average molecular weight is 366 g/mol. The highest BCUT2D eigenvalue weighted by Crippen LogP contribution is 2.26. The van der Waals surface area contributed by atoms with Crippen molar-refractivity contribution in [3.63, 3.8) is 0 Å². The van der Waals surface area contributed by atoms with Gasteiger partial charge in [0.2, 0.25) is 0 Å². The molecule has 3 aromatic rings. The van der Waals surface area contributed by atoms with Crippen LogP contribution in [0.15, 0.2) is 54.0 Å². The normalized spacial score (nSPS) is 15.8. The summed E-state index contributed by atoms with van der Waals surface area (Å²) in [5.41, 5.74) is 2.77. The summed E-state index contributed by atoms with van der Waals surface area (Å²) in [6, 6.07) is 14.7. The molecule has 134 valence electrons. The van der Waals surface area contributed by atoms with Crippen LogP contribution >= 0.6 is 11.3 Å². The Kier molecular flexibility index (Phi) is 5.13. The Bertz CT molecular complexity index is 836. The van der Waals surface area contributed by atoms with Crippen molar-refractivity contribution in [1.82, 2.24) is 20.4 Å². The quantitative estimate of drug-likeness (QED) is 0.726. The Balaban J connectivity index is 1.32. The summed E-state index contributed by atoms with van der Waals surface area (Å²) >= 11 is 1.60. The molecule has 0 saturated carbocycles. The van der Waals surface area contributed by atoms with Gasteiger partial charge >= 0.3 is 0 Å². The number of piperidine rings is 1. The Morgan fingerprint density at radius 2 is 2.00 bits per heavy atom. The number of nitrogens with zero attached hydrogens (tertiary/aromatic N) is 2. The summed E-state index contributed by atoms with van der Waals surface area (Å²) in [4.78, 5) is 16.2. The first kappa shape index (κ1) is 17.0. The smallest absolute Gasteiger partial charge is 0.255 e. The predicted molar refractivity (Wildman–Crippen MR) is 104 cm³/mol. The standard InChI is InChI=1S/C20H22N4OS/c25-20(17-13-21-23-19(17)18-7-4-12-26-18)22-16-8-10-24(11-9-16)14-15-5-2-1-3-6-15/h1-7,12-13,16H,8-11,14H2,(H,21,23)(H,22,25). The maximum Gasteiger partial charge on any atom is 0.255 e. The van der Waals surface area contributed by atoms with Gasteiger partial charge in [0.1, 0.15) is 0 Å². The second-order valence-electron chi connectivity index (χ2n) is 6.65. The Morgan fingerprint density at radius 3 is 2.73 bits per heavy atom. The van der Waals surface area contributed by atoms with E-state index in [0.717, 1.165) is 43.0 Å². The number of carbonyl (C=O) groups is 1. The summed E-state index contributed by atoms with van der Waals surface area (Å²) in [6.45, 7) is 2.98. The van der Waals surface area contributed by atoms with Crippen molar-refractivity contribution < 1.29 is 4.79 Å². The fraction of sp³-hybridized carbons (Fsp3) is 0.300. The average Bonchev–Trinajstić information content (AvgIpc) is 3.35. The summed E-state index contributed by atoms with van der Waals surface area (Å²) in [5, 5.41) is 12.2. The molecule has 4 rings (SSSR count). The Labute approximate surface area is 157 Å². The topological polar surface area (TPSA) is 61.0 Å². The number of likely N-dealkylation sites (tertiary alicyclic amines) is 1. The first-order valence-corrected chi connectivity index (χ1v) is 9.82. The lowest BCUT2D eigenvalue weighted by molar-refractivity contribution is 0.0909. The number of hydrogen-bond donors (Lipinski definition) is 2. The molecule has 0 atom stereocenters. The minimum Gasteiger partial charge on any atom is -0.349 e. The van der Waals surface area contributed by atoms with Crippen LogP contribution in [0.5, 0.6) is 0 Å². The number of carbonyl (C=O) groups excluding carboxylic acids is 1. The molecule has 0 aliphatic carbocycles. The summed E-state index contributed by atoms with van der Waals surface area (Å²) in [5.74, 6) is -0.0383. The molecule has 1 aromatic carbocycles. The highest BCUT2D eigenvalue weighted by molar-refractivity contribution is 7.13. The number of hydrogen-bond acceptors (Lipinski definition) is 4. The van der Waals surface area contributed by atoms with Gasteiger partial charge in [-0.1, -0.05) is 36.4 Å². The van der Waals surface area contributed by atoms with E-state index in [9.17, 15) is 4.79 Å². The maximum atomic E-state index is 12.7.